The molecule has 1 fully saturated rings. The number of aromatic hydroxyl groups is 1. The van der Waals surface area contributed by atoms with Gasteiger partial charge < -0.3 is 10.0 Å². The van der Waals surface area contributed by atoms with Gasteiger partial charge in [-0.2, -0.15) is 13.2 Å². The van der Waals surface area contributed by atoms with Gasteiger partial charge in [0.05, 0.1) is 5.92 Å². The van der Waals surface area contributed by atoms with Crippen molar-refractivity contribution in [2.24, 2.45) is 5.92 Å². The van der Waals surface area contributed by atoms with Crippen LogP contribution in [-0.4, -0.2) is 35.3 Å². The maximum Gasteiger partial charge on any atom is 0.391 e. The van der Waals surface area contributed by atoms with Crippen molar-refractivity contribution in [1.29, 1.82) is 0 Å². The summed E-state index contributed by atoms with van der Waals surface area (Å²) in [7, 11) is 0. The van der Waals surface area contributed by atoms with E-state index in [1.54, 1.807) is 12.1 Å². The largest absolute Gasteiger partial charge is 0.508 e. The summed E-state index contributed by atoms with van der Waals surface area (Å²) in [4.78, 5) is 2.16. The van der Waals surface area contributed by atoms with E-state index in [2.05, 4.69) is 11.8 Å². The van der Waals surface area contributed by atoms with Crippen molar-refractivity contribution in [2.45, 2.75) is 44.8 Å². The molecule has 0 spiro atoms. The lowest BCUT2D eigenvalue weighted by atomic mass is 9.94. The van der Waals surface area contributed by atoms with Crippen LogP contribution in [0.25, 0.3) is 0 Å². The highest BCUT2D eigenvalue weighted by Gasteiger charge is 2.41. The van der Waals surface area contributed by atoms with E-state index in [1.807, 2.05) is 12.1 Å². The highest BCUT2D eigenvalue weighted by atomic mass is 19.4. The minimum atomic E-state index is -4.04. The van der Waals surface area contributed by atoms with E-state index in [4.69, 9.17) is 0 Å². The maximum absolute atomic E-state index is 12.6. The maximum atomic E-state index is 12.6. The van der Waals surface area contributed by atoms with E-state index in [1.165, 1.54) is 0 Å². The third-order valence-corrected chi connectivity index (χ3v) is 4.40. The van der Waals surface area contributed by atoms with Gasteiger partial charge in [-0.3, -0.25) is 0 Å². The van der Waals surface area contributed by atoms with E-state index >= 15 is 0 Å². The van der Waals surface area contributed by atoms with Crippen molar-refractivity contribution in [3.8, 4) is 5.75 Å². The standard InChI is InChI=1S/C16H22F3NO/c1-12(2-3-13-4-6-15(21)7-5-13)20-10-8-14(9-11-20)16(17,18)19/h4-7,12,14,21H,2-3,8-11H2,1H3. The zero-order valence-corrected chi connectivity index (χ0v) is 12.2. The molecule has 0 aliphatic carbocycles. The molecule has 1 aromatic rings. The van der Waals surface area contributed by atoms with Gasteiger partial charge in [-0.15, -0.1) is 0 Å². The van der Waals surface area contributed by atoms with Gasteiger partial charge in [-0.1, -0.05) is 12.1 Å². The number of phenolic OH excluding ortho intramolecular Hbond substituents is 1. The van der Waals surface area contributed by atoms with Gasteiger partial charge in [0.1, 0.15) is 5.75 Å². The van der Waals surface area contributed by atoms with Crippen LogP contribution in [0.2, 0.25) is 0 Å². The molecule has 1 heterocycles. The van der Waals surface area contributed by atoms with Crippen molar-refractivity contribution in [1.82, 2.24) is 4.90 Å². The average molecular weight is 301 g/mol. The Morgan fingerprint density at radius 2 is 1.76 bits per heavy atom. The van der Waals surface area contributed by atoms with Crippen molar-refractivity contribution in [3.63, 3.8) is 0 Å². The summed E-state index contributed by atoms with van der Waals surface area (Å²) in [6, 6.07) is 7.38. The first-order valence-electron chi connectivity index (χ1n) is 7.45. The molecule has 5 heteroatoms. The van der Waals surface area contributed by atoms with Crippen LogP contribution in [0, 0.1) is 5.92 Å². The number of likely N-dealkylation sites (tertiary alicyclic amines) is 1. The first kappa shape index (κ1) is 16.1. The quantitative estimate of drug-likeness (QED) is 0.909. The van der Waals surface area contributed by atoms with E-state index in [-0.39, 0.29) is 24.6 Å². The van der Waals surface area contributed by atoms with Gasteiger partial charge in [0.25, 0.3) is 0 Å². The van der Waals surface area contributed by atoms with Crippen molar-refractivity contribution in [2.75, 3.05) is 13.1 Å². The van der Waals surface area contributed by atoms with Crippen LogP contribution in [0.5, 0.6) is 5.75 Å². The molecule has 0 radical (unpaired) electrons. The fourth-order valence-corrected chi connectivity index (χ4v) is 2.89. The Balaban J connectivity index is 1.77. The SMILES string of the molecule is CC(CCc1ccc(O)cc1)N1CCC(C(F)(F)F)CC1. The molecule has 0 aromatic heterocycles. The monoisotopic (exact) mass is 301 g/mol. The zero-order chi connectivity index (χ0) is 15.5. The van der Waals surface area contributed by atoms with Crippen LogP contribution >= 0.6 is 0 Å². The number of benzene rings is 1. The molecular formula is C16H22F3NO. The third kappa shape index (κ3) is 4.63. The molecule has 1 saturated heterocycles. The van der Waals surface area contributed by atoms with E-state index in [0.717, 1.165) is 18.4 Å². The number of alkyl halides is 3. The molecule has 21 heavy (non-hydrogen) atoms. The fraction of sp³-hybridized carbons (Fsp3) is 0.625. The molecule has 0 bridgehead atoms. The van der Waals surface area contributed by atoms with Crippen molar-refractivity contribution < 1.29 is 18.3 Å². The second-order valence-corrected chi connectivity index (χ2v) is 5.91. The zero-order valence-electron chi connectivity index (χ0n) is 12.2. The smallest absolute Gasteiger partial charge is 0.391 e. The topological polar surface area (TPSA) is 23.5 Å². The van der Waals surface area contributed by atoms with Crippen molar-refractivity contribution >= 4 is 0 Å². The number of rotatable bonds is 4. The van der Waals surface area contributed by atoms with Crippen molar-refractivity contribution in [3.05, 3.63) is 29.8 Å². The molecule has 1 atom stereocenters. The predicted molar refractivity (Wildman–Crippen MR) is 76.2 cm³/mol. The number of phenols is 1. The minimum absolute atomic E-state index is 0.215. The van der Waals surface area contributed by atoms with Gasteiger partial charge >= 0.3 is 6.18 Å². The predicted octanol–water partition coefficient (Wildman–Crippen LogP) is 3.99. The lowest BCUT2D eigenvalue weighted by molar-refractivity contribution is -0.186. The number of aryl methyl sites for hydroxylation is 1. The van der Waals surface area contributed by atoms with E-state index < -0.39 is 12.1 Å². The summed E-state index contributed by atoms with van der Waals surface area (Å²) in [6.45, 7) is 3.14. The summed E-state index contributed by atoms with van der Waals surface area (Å²) in [5.74, 6) is -0.876. The van der Waals surface area contributed by atoms with Gasteiger partial charge in [-0.25, -0.2) is 0 Å². The number of hydrogen-bond acceptors (Lipinski definition) is 2. The van der Waals surface area contributed by atoms with Gasteiger partial charge in [0.2, 0.25) is 0 Å². The average Bonchev–Trinajstić information content (AvgIpc) is 2.45. The summed E-state index contributed by atoms with van der Waals surface area (Å²) < 4.78 is 37.9. The molecule has 0 amide bonds. The highest BCUT2D eigenvalue weighted by Crippen LogP contribution is 2.34. The van der Waals surface area contributed by atoms with Gasteiger partial charge in [0, 0.05) is 6.04 Å². The second kappa shape index (κ2) is 6.69. The summed E-state index contributed by atoms with van der Waals surface area (Å²) >= 11 is 0. The Hall–Kier alpha value is -1.23. The molecule has 1 N–H and O–H groups in total. The van der Waals surface area contributed by atoms with Gasteiger partial charge in [-0.05, 0) is 63.4 Å². The lowest BCUT2D eigenvalue weighted by Crippen LogP contribution is -2.43. The Morgan fingerprint density at radius 3 is 2.29 bits per heavy atom. The number of halogens is 3. The number of nitrogens with zero attached hydrogens (tertiary/aromatic N) is 1. The first-order chi connectivity index (χ1) is 9.86. The molecule has 0 saturated carbocycles. The molecule has 1 aliphatic rings. The molecule has 2 rings (SSSR count). The normalized spacial score (nSPS) is 19.6. The molecular weight excluding hydrogens is 279 g/mol. The van der Waals surface area contributed by atoms with Crippen LogP contribution in [0.4, 0.5) is 13.2 Å². The Labute approximate surface area is 123 Å². The summed E-state index contributed by atoms with van der Waals surface area (Å²) in [5.41, 5.74) is 1.14. The summed E-state index contributed by atoms with van der Waals surface area (Å²) in [6.07, 6.45) is -1.82. The molecule has 2 nitrogen and oxygen atoms in total. The van der Waals surface area contributed by atoms with E-state index in [9.17, 15) is 18.3 Å². The Bertz CT molecular complexity index is 436. The summed E-state index contributed by atoms with van der Waals surface area (Å²) in [5, 5.41) is 9.23. The third-order valence-electron chi connectivity index (χ3n) is 4.40. The Morgan fingerprint density at radius 1 is 1.19 bits per heavy atom. The molecule has 1 aliphatic heterocycles. The molecule has 1 unspecified atom stereocenters. The molecule has 1 aromatic carbocycles. The second-order valence-electron chi connectivity index (χ2n) is 5.91. The molecule has 118 valence electrons. The van der Waals surface area contributed by atoms with Crippen LogP contribution in [0.3, 0.4) is 0 Å². The fourth-order valence-electron chi connectivity index (χ4n) is 2.89. The number of piperidine rings is 1. The van der Waals surface area contributed by atoms with Crippen LogP contribution in [0.1, 0.15) is 31.7 Å². The van der Waals surface area contributed by atoms with E-state index in [0.29, 0.717) is 13.1 Å². The van der Waals surface area contributed by atoms with Crippen LogP contribution in [0.15, 0.2) is 24.3 Å². The lowest BCUT2D eigenvalue weighted by Gasteiger charge is -2.36. The van der Waals surface area contributed by atoms with Crippen LogP contribution < -0.4 is 0 Å². The Kier molecular flexibility index (Phi) is 5.14. The minimum Gasteiger partial charge on any atom is -0.508 e. The van der Waals surface area contributed by atoms with Gasteiger partial charge in [0.15, 0.2) is 0 Å². The number of hydrogen-bond donors (Lipinski definition) is 1. The first-order valence-corrected chi connectivity index (χ1v) is 7.45. The van der Waals surface area contributed by atoms with Crippen LogP contribution in [-0.2, 0) is 6.42 Å². The highest BCUT2D eigenvalue weighted by molar-refractivity contribution is 5.25.